The zero-order chi connectivity index (χ0) is 13.2. The molecule has 1 aromatic heterocycles. The highest BCUT2D eigenvalue weighted by atomic mass is 16.5. The Morgan fingerprint density at radius 1 is 1.37 bits per heavy atom. The van der Waals surface area contributed by atoms with Crippen LogP contribution in [0.15, 0.2) is 40.9 Å². The molecule has 94 valence electrons. The van der Waals surface area contributed by atoms with Crippen LogP contribution in [0, 0.1) is 18.3 Å². The lowest BCUT2D eigenvalue weighted by Gasteiger charge is -2.09. The third kappa shape index (κ3) is 2.11. The standard InChI is InChI=1S/C15H12N2O2/c1-2-11-8-14(18)17(10-11)15-9-13(16-19-15)12-6-4-3-5-7-12/h1,3-7,9,11H,8,10H2. The number of nitrogens with zero attached hydrogens (tertiary/aromatic N) is 2. The van der Waals surface area contributed by atoms with E-state index in [1.807, 2.05) is 30.3 Å². The van der Waals surface area contributed by atoms with Crippen molar-refractivity contribution in [2.24, 2.45) is 5.92 Å². The number of aromatic nitrogens is 1. The average molecular weight is 252 g/mol. The van der Waals surface area contributed by atoms with Gasteiger partial charge in [-0.15, -0.1) is 12.3 Å². The summed E-state index contributed by atoms with van der Waals surface area (Å²) in [6.07, 6.45) is 5.73. The Morgan fingerprint density at radius 2 is 2.16 bits per heavy atom. The molecule has 0 N–H and O–H groups in total. The second kappa shape index (κ2) is 4.62. The first-order valence-electron chi connectivity index (χ1n) is 6.06. The minimum absolute atomic E-state index is 0.0151. The predicted octanol–water partition coefficient (Wildman–Crippen LogP) is 2.33. The molecule has 1 aliphatic rings. The molecule has 1 fully saturated rings. The fraction of sp³-hybridized carbons (Fsp3) is 0.200. The summed E-state index contributed by atoms with van der Waals surface area (Å²) in [5, 5.41) is 4.00. The van der Waals surface area contributed by atoms with Crippen molar-refractivity contribution in [1.82, 2.24) is 5.16 Å². The largest absolute Gasteiger partial charge is 0.338 e. The van der Waals surface area contributed by atoms with Crippen LogP contribution < -0.4 is 4.90 Å². The van der Waals surface area contributed by atoms with Gasteiger partial charge in [0, 0.05) is 30.5 Å². The summed E-state index contributed by atoms with van der Waals surface area (Å²) in [6, 6.07) is 11.5. The summed E-state index contributed by atoms with van der Waals surface area (Å²) in [4.78, 5) is 13.4. The van der Waals surface area contributed by atoms with Gasteiger partial charge in [-0.25, -0.2) is 0 Å². The summed E-state index contributed by atoms with van der Waals surface area (Å²) < 4.78 is 5.25. The molecule has 3 rings (SSSR count). The van der Waals surface area contributed by atoms with Crippen LogP contribution in [0.2, 0.25) is 0 Å². The number of rotatable bonds is 2. The molecule has 0 radical (unpaired) electrons. The summed E-state index contributed by atoms with van der Waals surface area (Å²) in [5.41, 5.74) is 1.67. The SMILES string of the molecule is C#CC1CC(=O)N(c2cc(-c3ccccc3)no2)C1. The van der Waals surface area contributed by atoms with E-state index in [2.05, 4.69) is 11.1 Å². The number of terminal acetylenes is 1. The van der Waals surface area contributed by atoms with E-state index in [4.69, 9.17) is 10.9 Å². The van der Waals surface area contributed by atoms with Gasteiger partial charge in [-0.3, -0.25) is 9.69 Å². The van der Waals surface area contributed by atoms with Gasteiger partial charge in [0.2, 0.25) is 11.8 Å². The lowest BCUT2D eigenvalue weighted by atomic mass is 10.1. The van der Waals surface area contributed by atoms with Gasteiger partial charge in [-0.1, -0.05) is 35.5 Å². The Balaban J connectivity index is 1.87. The molecular weight excluding hydrogens is 240 g/mol. The molecule has 1 atom stereocenters. The highest BCUT2D eigenvalue weighted by molar-refractivity contribution is 5.95. The van der Waals surface area contributed by atoms with Crippen LogP contribution in [-0.2, 0) is 4.79 Å². The predicted molar refractivity (Wildman–Crippen MR) is 71.2 cm³/mol. The molecule has 0 spiro atoms. The van der Waals surface area contributed by atoms with Crippen molar-refractivity contribution in [3.8, 4) is 23.6 Å². The third-order valence-electron chi connectivity index (χ3n) is 3.19. The third-order valence-corrected chi connectivity index (χ3v) is 3.19. The molecular formula is C15H12N2O2. The van der Waals surface area contributed by atoms with E-state index in [9.17, 15) is 4.79 Å². The molecule has 1 aliphatic heterocycles. The maximum atomic E-state index is 11.8. The van der Waals surface area contributed by atoms with Crippen LogP contribution in [0.25, 0.3) is 11.3 Å². The van der Waals surface area contributed by atoms with Crippen LogP contribution in [-0.4, -0.2) is 17.6 Å². The quantitative estimate of drug-likeness (QED) is 0.771. The lowest BCUT2D eigenvalue weighted by Crippen LogP contribution is -2.23. The Hall–Kier alpha value is -2.54. The molecule has 0 aliphatic carbocycles. The molecule has 2 heterocycles. The van der Waals surface area contributed by atoms with Crippen LogP contribution in [0.4, 0.5) is 5.88 Å². The van der Waals surface area contributed by atoms with Gasteiger partial charge in [0.1, 0.15) is 5.69 Å². The van der Waals surface area contributed by atoms with E-state index in [0.29, 0.717) is 24.5 Å². The van der Waals surface area contributed by atoms with Crippen LogP contribution in [0.5, 0.6) is 0 Å². The zero-order valence-electron chi connectivity index (χ0n) is 10.2. The Bertz CT molecular complexity index is 640. The van der Waals surface area contributed by atoms with Gasteiger partial charge in [0.05, 0.1) is 0 Å². The van der Waals surface area contributed by atoms with Crippen molar-refractivity contribution < 1.29 is 9.32 Å². The second-order valence-electron chi connectivity index (χ2n) is 4.49. The zero-order valence-corrected chi connectivity index (χ0v) is 10.2. The molecule has 1 amide bonds. The number of carbonyl (C=O) groups excluding carboxylic acids is 1. The Morgan fingerprint density at radius 3 is 2.84 bits per heavy atom. The number of hydrogen-bond donors (Lipinski definition) is 0. The minimum atomic E-state index is -0.0437. The van der Waals surface area contributed by atoms with Gasteiger partial charge in [0.25, 0.3) is 0 Å². The highest BCUT2D eigenvalue weighted by Gasteiger charge is 2.31. The number of benzene rings is 1. The van der Waals surface area contributed by atoms with Crippen molar-refractivity contribution in [2.45, 2.75) is 6.42 Å². The fourth-order valence-electron chi connectivity index (χ4n) is 2.17. The van der Waals surface area contributed by atoms with Gasteiger partial charge >= 0.3 is 0 Å². The molecule has 1 aromatic carbocycles. The molecule has 0 saturated carbocycles. The molecule has 4 heteroatoms. The number of anilines is 1. The first-order chi connectivity index (χ1) is 9.28. The molecule has 1 unspecified atom stereocenters. The van der Waals surface area contributed by atoms with Gasteiger partial charge in [0.15, 0.2) is 0 Å². The smallest absolute Gasteiger partial charge is 0.234 e. The molecule has 4 nitrogen and oxygen atoms in total. The summed E-state index contributed by atoms with van der Waals surface area (Å²) in [7, 11) is 0. The molecule has 1 saturated heterocycles. The fourth-order valence-corrected chi connectivity index (χ4v) is 2.17. The second-order valence-corrected chi connectivity index (χ2v) is 4.49. The van der Waals surface area contributed by atoms with Crippen molar-refractivity contribution in [3.63, 3.8) is 0 Å². The van der Waals surface area contributed by atoms with Crippen molar-refractivity contribution in [2.75, 3.05) is 11.4 Å². The van der Waals surface area contributed by atoms with Gasteiger partial charge in [-0.05, 0) is 0 Å². The van der Waals surface area contributed by atoms with Crippen molar-refractivity contribution in [3.05, 3.63) is 36.4 Å². The maximum absolute atomic E-state index is 11.8. The Kier molecular flexibility index (Phi) is 2.81. The number of hydrogen-bond acceptors (Lipinski definition) is 3. The van der Waals surface area contributed by atoms with Crippen LogP contribution >= 0.6 is 0 Å². The van der Waals surface area contributed by atoms with Gasteiger partial charge < -0.3 is 4.52 Å². The normalized spacial score (nSPS) is 18.6. The van der Waals surface area contributed by atoms with Crippen LogP contribution in [0.1, 0.15) is 6.42 Å². The van der Waals surface area contributed by atoms with Crippen molar-refractivity contribution in [1.29, 1.82) is 0 Å². The van der Waals surface area contributed by atoms with Gasteiger partial charge in [-0.2, -0.15) is 0 Å². The number of amides is 1. The first-order valence-corrected chi connectivity index (χ1v) is 6.06. The number of carbonyl (C=O) groups is 1. The Labute approximate surface area is 111 Å². The van der Waals surface area contributed by atoms with E-state index in [1.54, 1.807) is 11.0 Å². The summed E-state index contributed by atoms with van der Waals surface area (Å²) in [5.74, 6) is 3.01. The van der Waals surface area contributed by atoms with E-state index < -0.39 is 0 Å². The van der Waals surface area contributed by atoms with E-state index in [0.717, 1.165) is 5.56 Å². The lowest BCUT2D eigenvalue weighted by molar-refractivity contribution is -0.117. The van der Waals surface area contributed by atoms with E-state index >= 15 is 0 Å². The van der Waals surface area contributed by atoms with E-state index in [-0.39, 0.29) is 11.8 Å². The monoisotopic (exact) mass is 252 g/mol. The molecule has 2 aromatic rings. The summed E-state index contributed by atoms with van der Waals surface area (Å²) >= 11 is 0. The molecule has 19 heavy (non-hydrogen) atoms. The van der Waals surface area contributed by atoms with E-state index in [1.165, 1.54) is 0 Å². The molecule has 0 bridgehead atoms. The maximum Gasteiger partial charge on any atom is 0.234 e. The minimum Gasteiger partial charge on any atom is -0.338 e. The first kappa shape index (κ1) is 11.5. The topological polar surface area (TPSA) is 46.3 Å². The summed E-state index contributed by atoms with van der Waals surface area (Å²) in [6.45, 7) is 0.499. The van der Waals surface area contributed by atoms with Crippen molar-refractivity contribution >= 4 is 11.8 Å². The highest BCUT2D eigenvalue weighted by Crippen LogP contribution is 2.28. The van der Waals surface area contributed by atoms with Crippen LogP contribution in [0.3, 0.4) is 0 Å². The average Bonchev–Trinajstić information content (AvgIpc) is 3.06.